The van der Waals surface area contributed by atoms with E-state index in [0.29, 0.717) is 5.95 Å². The van der Waals surface area contributed by atoms with Gasteiger partial charge in [-0.25, -0.2) is 4.98 Å². The van der Waals surface area contributed by atoms with Gasteiger partial charge in [0.25, 0.3) is 0 Å². The molecular formula is C8H15N3. The topological polar surface area (TPSA) is 43.8 Å². The predicted octanol–water partition coefficient (Wildman–Crippen LogP) is 1.51. The van der Waals surface area contributed by atoms with Gasteiger partial charge in [0.15, 0.2) is 5.95 Å². The smallest absolute Gasteiger partial charge is 0.200 e. The molecule has 0 atom stereocenters. The molecule has 1 heterocycles. The van der Waals surface area contributed by atoms with Crippen molar-refractivity contribution in [3.63, 3.8) is 0 Å². The van der Waals surface area contributed by atoms with Crippen LogP contribution in [0.15, 0.2) is 12.4 Å². The van der Waals surface area contributed by atoms with Crippen LogP contribution in [0.5, 0.6) is 0 Å². The monoisotopic (exact) mass is 153 g/mol. The zero-order chi connectivity index (χ0) is 8.27. The summed E-state index contributed by atoms with van der Waals surface area (Å²) in [5, 5.41) is 0. The number of aromatic nitrogens is 2. The van der Waals surface area contributed by atoms with Crippen LogP contribution in [0.4, 0.5) is 5.95 Å². The quantitative estimate of drug-likeness (QED) is 0.715. The third-order valence-corrected chi connectivity index (χ3v) is 1.70. The molecule has 1 rings (SSSR count). The van der Waals surface area contributed by atoms with Gasteiger partial charge >= 0.3 is 0 Å². The summed E-state index contributed by atoms with van der Waals surface area (Å²) in [6, 6.07) is 0. The first kappa shape index (κ1) is 8.11. The Bertz CT molecular complexity index is 215. The number of rotatable bonds is 3. The zero-order valence-corrected chi connectivity index (χ0v) is 7.12. The minimum absolute atomic E-state index is 0.616. The highest BCUT2D eigenvalue weighted by Crippen LogP contribution is 2.05. The highest BCUT2D eigenvalue weighted by molar-refractivity contribution is 5.16. The minimum Gasteiger partial charge on any atom is -0.369 e. The summed E-state index contributed by atoms with van der Waals surface area (Å²) in [6.07, 6.45) is 4.80. The fourth-order valence-corrected chi connectivity index (χ4v) is 0.927. The van der Waals surface area contributed by atoms with Crippen molar-refractivity contribution in [2.75, 3.05) is 5.73 Å². The van der Waals surface area contributed by atoms with Gasteiger partial charge in [0, 0.05) is 18.9 Å². The molecule has 0 unspecified atom stereocenters. The van der Waals surface area contributed by atoms with Gasteiger partial charge in [-0.3, -0.25) is 0 Å². The maximum absolute atomic E-state index is 5.58. The van der Waals surface area contributed by atoms with E-state index in [2.05, 4.69) is 18.8 Å². The van der Waals surface area contributed by atoms with Gasteiger partial charge in [-0.2, -0.15) is 0 Å². The van der Waals surface area contributed by atoms with Crippen molar-refractivity contribution in [1.82, 2.24) is 9.55 Å². The Morgan fingerprint density at radius 3 is 2.82 bits per heavy atom. The molecule has 0 bridgehead atoms. The molecule has 1 aromatic heterocycles. The average molecular weight is 153 g/mol. The SMILES string of the molecule is CC(C)CCn1ccnc1N. The van der Waals surface area contributed by atoms with Crippen LogP contribution in [-0.4, -0.2) is 9.55 Å². The lowest BCUT2D eigenvalue weighted by Crippen LogP contribution is -2.04. The fraction of sp³-hybridized carbons (Fsp3) is 0.625. The molecule has 0 aliphatic carbocycles. The van der Waals surface area contributed by atoms with Crippen LogP contribution in [0.1, 0.15) is 20.3 Å². The van der Waals surface area contributed by atoms with Crippen LogP contribution in [0.25, 0.3) is 0 Å². The van der Waals surface area contributed by atoms with Gasteiger partial charge in [-0.1, -0.05) is 13.8 Å². The van der Waals surface area contributed by atoms with Gasteiger partial charge in [-0.15, -0.1) is 0 Å². The number of imidazole rings is 1. The molecule has 11 heavy (non-hydrogen) atoms. The molecule has 0 saturated carbocycles. The summed E-state index contributed by atoms with van der Waals surface area (Å²) < 4.78 is 1.97. The molecule has 0 saturated heterocycles. The number of nitrogens with two attached hydrogens (primary N) is 1. The lowest BCUT2D eigenvalue weighted by atomic mass is 10.1. The molecule has 3 nitrogen and oxygen atoms in total. The molecule has 0 amide bonds. The average Bonchev–Trinajstić information content (AvgIpc) is 2.31. The van der Waals surface area contributed by atoms with Crippen molar-refractivity contribution >= 4 is 5.95 Å². The van der Waals surface area contributed by atoms with Crippen LogP contribution in [0.3, 0.4) is 0 Å². The molecule has 3 heteroatoms. The molecule has 0 aliphatic heterocycles. The van der Waals surface area contributed by atoms with Crippen LogP contribution < -0.4 is 5.73 Å². The maximum atomic E-state index is 5.58. The van der Waals surface area contributed by atoms with Gasteiger partial charge in [-0.05, 0) is 12.3 Å². The van der Waals surface area contributed by atoms with E-state index in [4.69, 9.17) is 5.73 Å². The number of hydrogen-bond donors (Lipinski definition) is 1. The third kappa shape index (κ3) is 2.26. The minimum atomic E-state index is 0.616. The second kappa shape index (κ2) is 3.42. The first-order chi connectivity index (χ1) is 5.20. The highest BCUT2D eigenvalue weighted by atomic mass is 15.1. The molecule has 2 N–H and O–H groups in total. The number of aryl methyl sites for hydroxylation is 1. The van der Waals surface area contributed by atoms with Gasteiger partial charge in [0.05, 0.1) is 0 Å². The van der Waals surface area contributed by atoms with Crippen molar-refractivity contribution in [2.45, 2.75) is 26.8 Å². The molecule has 0 spiro atoms. The first-order valence-electron chi connectivity index (χ1n) is 3.96. The predicted molar refractivity (Wildman–Crippen MR) is 46.1 cm³/mol. The normalized spacial score (nSPS) is 10.8. The van der Waals surface area contributed by atoms with Crippen LogP contribution in [0, 0.1) is 5.92 Å². The summed E-state index contributed by atoms with van der Waals surface area (Å²) in [5.74, 6) is 1.34. The fourth-order valence-electron chi connectivity index (χ4n) is 0.927. The molecule has 0 aliphatic rings. The molecule has 0 fully saturated rings. The number of nitrogens with zero attached hydrogens (tertiary/aromatic N) is 2. The Morgan fingerprint density at radius 1 is 1.64 bits per heavy atom. The Labute approximate surface area is 67.2 Å². The second-order valence-corrected chi connectivity index (χ2v) is 3.16. The lowest BCUT2D eigenvalue weighted by molar-refractivity contribution is 0.519. The summed E-state index contributed by atoms with van der Waals surface area (Å²) >= 11 is 0. The van der Waals surface area contributed by atoms with Crippen molar-refractivity contribution in [1.29, 1.82) is 0 Å². The Kier molecular flexibility index (Phi) is 2.52. The van der Waals surface area contributed by atoms with Crippen molar-refractivity contribution in [3.05, 3.63) is 12.4 Å². The molecule has 0 radical (unpaired) electrons. The third-order valence-electron chi connectivity index (χ3n) is 1.70. The van der Waals surface area contributed by atoms with Crippen LogP contribution >= 0.6 is 0 Å². The molecule has 62 valence electrons. The van der Waals surface area contributed by atoms with Crippen molar-refractivity contribution in [2.24, 2.45) is 5.92 Å². The largest absolute Gasteiger partial charge is 0.369 e. The van der Waals surface area contributed by atoms with Crippen molar-refractivity contribution < 1.29 is 0 Å². The summed E-state index contributed by atoms with van der Waals surface area (Å²) in [4.78, 5) is 3.94. The number of anilines is 1. The van der Waals surface area contributed by atoms with E-state index >= 15 is 0 Å². The molecular weight excluding hydrogens is 138 g/mol. The summed E-state index contributed by atoms with van der Waals surface area (Å²) in [7, 11) is 0. The Balaban J connectivity index is 2.44. The summed E-state index contributed by atoms with van der Waals surface area (Å²) in [5.41, 5.74) is 5.58. The second-order valence-electron chi connectivity index (χ2n) is 3.16. The molecule has 0 aromatic carbocycles. The standard InChI is InChI=1S/C8H15N3/c1-7(2)3-5-11-6-4-10-8(11)9/h4,6-7H,3,5H2,1-2H3,(H2,9,10). The van der Waals surface area contributed by atoms with E-state index in [0.717, 1.165) is 18.9 Å². The van der Waals surface area contributed by atoms with Gasteiger partial charge < -0.3 is 10.3 Å². The first-order valence-corrected chi connectivity index (χ1v) is 3.96. The van der Waals surface area contributed by atoms with Crippen molar-refractivity contribution in [3.8, 4) is 0 Å². The number of nitrogen functional groups attached to an aromatic ring is 1. The zero-order valence-electron chi connectivity index (χ0n) is 7.12. The Hall–Kier alpha value is -0.990. The Morgan fingerprint density at radius 2 is 2.36 bits per heavy atom. The van der Waals surface area contributed by atoms with E-state index < -0.39 is 0 Å². The van der Waals surface area contributed by atoms with E-state index in [9.17, 15) is 0 Å². The van der Waals surface area contributed by atoms with Crippen LogP contribution in [0.2, 0.25) is 0 Å². The maximum Gasteiger partial charge on any atom is 0.200 e. The van der Waals surface area contributed by atoms with E-state index in [1.165, 1.54) is 0 Å². The highest BCUT2D eigenvalue weighted by Gasteiger charge is 1.98. The van der Waals surface area contributed by atoms with E-state index in [1.807, 2.05) is 10.8 Å². The number of hydrogen-bond acceptors (Lipinski definition) is 2. The van der Waals surface area contributed by atoms with Gasteiger partial charge in [0.1, 0.15) is 0 Å². The van der Waals surface area contributed by atoms with Crippen LogP contribution in [-0.2, 0) is 6.54 Å². The summed E-state index contributed by atoms with van der Waals surface area (Å²) in [6.45, 7) is 5.38. The van der Waals surface area contributed by atoms with E-state index in [-0.39, 0.29) is 0 Å². The molecule has 1 aromatic rings. The lowest BCUT2D eigenvalue weighted by Gasteiger charge is -2.06. The van der Waals surface area contributed by atoms with Gasteiger partial charge in [0.2, 0.25) is 0 Å². The van der Waals surface area contributed by atoms with E-state index in [1.54, 1.807) is 6.20 Å².